The number of hydrogen-bond acceptors (Lipinski definition) is 5. The maximum Gasteiger partial charge on any atom is 0.338 e. The Balaban J connectivity index is 1.97. The lowest BCUT2D eigenvalue weighted by molar-refractivity contribution is -0.130. The standard InChI is InChI=1S/C20H22N2O5/c1-13(2)17(18(23)22-20(21)25)27-19(24)15-8-10-16(11-9-15)26-12-14-6-4-3-5-7-14/h3-11,13,17H,12H2,1-2H3,(H3,21,22,23,25)/t17-/m0/s1. The van der Waals surface area contributed by atoms with Gasteiger partial charge in [-0.3, -0.25) is 10.1 Å². The molecule has 3 N–H and O–H groups in total. The minimum atomic E-state index is -1.13. The summed E-state index contributed by atoms with van der Waals surface area (Å²) in [5.41, 5.74) is 6.23. The van der Waals surface area contributed by atoms with E-state index in [4.69, 9.17) is 15.2 Å². The van der Waals surface area contributed by atoms with Crippen molar-refractivity contribution in [2.45, 2.75) is 26.6 Å². The molecule has 0 fully saturated rings. The van der Waals surface area contributed by atoms with Crippen LogP contribution in [0.3, 0.4) is 0 Å². The molecule has 0 heterocycles. The summed E-state index contributed by atoms with van der Waals surface area (Å²) in [6.45, 7) is 3.80. The predicted octanol–water partition coefficient (Wildman–Crippen LogP) is 2.64. The fraction of sp³-hybridized carbons (Fsp3) is 0.250. The highest BCUT2D eigenvalue weighted by molar-refractivity contribution is 5.98. The van der Waals surface area contributed by atoms with E-state index >= 15 is 0 Å². The van der Waals surface area contributed by atoms with Crippen LogP contribution in [0.1, 0.15) is 29.8 Å². The highest BCUT2D eigenvalue weighted by Crippen LogP contribution is 2.17. The van der Waals surface area contributed by atoms with E-state index in [-0.39, 0.29) is 11.5 Å². The summed E-state index contributed by atoms with van der Waals surface area (Å²) in [6, 6.07) is 15.1. The molecule has 0 radical (unpaired) electrons. The SMILES string of the molecule is CC(C)[C@H](OC(=O)c1ccc(OCc2ccccc2)cc1)C(=O)NC(N)=O. The van der Waals surface area contributed by atoms with Crippen molar-refractivity contribution in [3.63, 3.8) is 0 Å². The number of carbonyl (C=O) groups is 3. The van der Waals surface area contributed by atoms with Gasteiger partial charge in [-0.1, -0.05) is 44.2 Å². The molecule has 0 aliphatic carbocycles. The van der Waals surface area contributed by atoms with Crippen LogP contribution in [-0.4, -0.2) is 24.0 Å². The predicted molar refractivity (Wildman–Crippen MR) is 99.0 cm³/mol. The molecule has 7 nitrogen and oxygen atoms in total. The van der Waals surface area contributed by atoms with Crippen LogP contribution in [0, 0.1) is 5.92 Å². The number of amides is 3. The van der Waals surface area contributed by atoms with E-state index in [9.17, 15) is 14.4 Å². The van der Waals surface area contributed by atoms with Gasteiger partial charge in [0, 0.05) is 0 Å². The fourth-order valence-electron chi connectivity index (χ4n) is 2.30. The zero-order valence-electron chi connectivity index (χ0n) is 15.2. The molecule has 2 aromatic carbocycles. The van der Waals surface area contributed by atoms with Gasteiger partial charge in [-0.2, -0.15) is 0 Å². The van der Waals surface area contributed by atoms with Crippen molar-refractivity contribution in [2.75, 3.05) is 0 Å². The van der Waals surface area contributed by atoms with E-state index in [2.05, 4.69) is 0 Å². The molecule has 142 valence electrons. The lowest BCUT2D eigenvalue weighted by Gasteiger charge is -2.19. The summed E-state index contributed by atoms with van der Waals surface area (Å²) in [5, 5.41) is 1.93. The van der Waals surface area contributed by atoms with E-state index < -0.39 is 24.0 Å². The Labute approximate surface area is 157 Å². The van der Waals surface area contributed by atoms with Gasteiger partial charge in [0.05, 0.1) is 5.56 Å². The van der Waals surface area contributed by atoms with Gasteiger partial charge < -0.3 is 15.2 Å². The van der Waals surface area contributed by atoms with E-state index in [1.807, 2.05) is 35.6 Å². The number of ether oxygens (including phenoxy) is 2. The van der Waals surface area contributed by atoms with Gasteiger partial charge >= 0.3 is 12.0 Å². The maximum absolute atomic E-state index is 12.3. The molecule has 0 aliphatic heterocycles. The van der Waals surface area contributed by atoms with Crippen LogP contribution in [0.25, 0.3) is 0 Å². The molecule has 0 unspecified atom stereocenters. The van der Waals surface area contributed by atoms with Crippen molar-refractivity contribution >= 4 is 17.9 Å². The summed E-state index contributed by atoms with van der Waals surface area (Å²) in [4.78, 5) is 35.0. The molecule has 0 saturated carbocycles. The first-order valence-corrected chi connectivity index (χ1v) is 8.45. The maximum atomic E-state index is 12.3. The Morgan fingerprint density at radius 2 is 1.63 bits per heavy atom. The average Bonchev–Trinajstić information content (AvgIpc) is 2.64. The fourth-order valence-corrected chi connectivity index (χ4v) is 2.30. The van der Waals surface area contributed by atoms with Crippen LogP contribution in [0.15, 0.2) is 54.6 Å². The van der Waals surface area contributed by atoms with Crippen molar-refractivity contribution in [2.24, 2.45) is 11.7 Å². The van der Waals surface area contributed by atoms with Gasteiger partial charge in [-0.15, -0.1) is 0 Å². The summed E-state index contributed by atoms with van der Waals surface area (Å²) >= 11 is 0. The number of nitrogens with two attached hydrogens (primary N) is 1. The third kappa shape index (κ3) is 6.14. The minimum Gasteiger partial charge on any atom is -0.489 e. The smallest absolute Gasteiger partial charge is 0.338 e. The number of rotatable bonds is 7. The Bertz CT molecular complexity index is 788. The number of carbonyl (C=O) groups excluding carboxylic acids is 3. The molecule has 0 spiro atoms. The number of imide groups is 1. The van der Waals surface area contributed by atoms with E-state index in [0.29, 0.717) is 12.4 Å². The molecule has 7 heteroatoms. The number of urea groups is 1. The molecule has 0 aromatic heterocycles. The molecular formula is C20H22N2O5. The second-order valence-corrected chi connectivity index (χ2v) is 6.22. The zero-order chi connectivity index (χ0) is 19.8. The van der Waals surface area contributed by atoms with Crippen LogP contribution in [-0.2, 0) is 16.1 Å². The van der Waals surface area contributed by atoms with Gasteiger partial charge in [-0.05, 0) is 35.7 Å². The summed E-state index contributed by atoms with van der Waals surface area (Å²) in [7, 11) is 0. The lowest BCUT2D eigenvalue weighted by atomic mass is 10.1. The zero-order valence-corrected chi connectivity index (χ0v) is 15.2. The number of nitrogens with one attached hydrogen (secondary N) is 1. The van der Waals surface area contributed by atoms with Crippen molar-refractivity contribution in [1.29, 1.82) is 0 Å². The minimum absolute atomic E-state index is 0.264. The quantitative estimate of drug-likeness (QED) is 0.729. The first-order chi connectivity index (χ1) is 12.9. The molecule has 2 aromatic rings. The van der Waals surface area contributed by atoms with E-state index in [1.165, 1.54) is 0 Å². The Kier molecular flexibility index (Phi) is 6.93. The van der Waals surface area contributed by atoms with Gasteiger partial charge in [0.15, 0.2) is 6.10 Å². The van der Waals surface area contributed by atoms with Crippen molar-refractivity contribution < 1.29 is 23.9 Å². The summed E-state index contributed by atoms with van der Waals surface area (Å²) in [5.74, 6) is -1.17. The molecule has 1 atom stereocenters. The second-order valence-electron chi connectivity index (χ2n) is 6.22. The Hall–Kier alpha value is -3.35. The van der Waals surface area contributed by atoms with Crippen molar-refractivity contribution in [3.8, 4) is 5.75 Å². The second kappa shape index (κ2) is 9.38. The van der Waals surface area contributed by atoms with Crippen LogP contribution < -0.4 is 15.8 Å². The van der Waals surface area contributed by atoms with Gasteiger partial charge in [0.1, 0.15) is 12.4 Å². The van der Waals surface area contributed by atoms with Crippen LogP contribution in [0.4, 0.5) is 4.79 Å². The molecular weight excluding hydrogens is 348 g/mol. The molecule has 0 saturated heterocycles. The third-order valence-electron chi connectivity index (χ3n) is 3.68. The first-order valence-electron chi connectivity index (χ1n) is 8.45. The topological polar surface area (TPSA) is 108 Å². The molecule has 0 aliphatic rings. The monoisotopic (exact) mass is 370 g/mol. The lowest BCUT2D eigenvalue weighted by Crippen LogP contribution is -2.45. The van der Waals surface area contributed by atoms with Crippen molar-refractivity contribution in [3.05, 3.63) is 65.7 Å². The highest BCUT2D eigenvalue weighted by atomic mass is 16.5. The van der Waals surface area contributed by atoms with E-state index in [0.717, 1.165) is 5.56 Å². The number of primary amides is 1. The molecule has 3 amide bonds. The van der Waals surface area contributed by atoms with Crippen LogP contribution >= 0.6 is 0 Å². The Morgan fingerprint density at radius 1 is 1.00 bits per heavy atom. The highest BCUT2D eigenvalue weighted by Gasteiger charge is 2.27. The molecule has 27 heavy (non-hydrogen) atoms. The van der Waals surface area contributed by atoms with Gasteiger partial charge in [0.2, 0.25) is 0 Å². The van der Waals surface area contributed by atoms with E-state index in [1.54, 1.807) is 38.1 Å². The van der Waals surface area contributed by atoms with Crippen LogP contribution in [0.5, 0.6) is 5.75 Å². The van der Waals surface area contributed by atoms with Crippen LogP contribution in [0.2, 0.25) is 0 Å². The number of benzene rings is 2. The average molecular weight is 370 g/mol. The first kappa shape index (κ1) is 20.0. The number of hydrogen-bond donors (Lipinski definition) is 2. The number of esters is 1. The van der Waals surface area contributed by atoms with Gasteiger partial charge in [-0.25, -0.2) is 9.59 Å². The Morgan fingerprint density at radius 3 is 2.19 bits per heavy atom. The van der Waals surface area contributed by atoms with Gasteiger partial charge in [0.25, 0.3) is 5.91 Å². The third-order valence-corrected chi connectivity index (χ3v) is 3.68. The summed E-state index contributed by atoms with van der Waals surface area (Å²) in [6.07, 6.45) is -1.13. The van der Waals surface area contributed by atoms with Crippen molar-refractivity contribution in [1.82, 2.24) is 5.32 Å². The largest absolute Gasteiger partial charge is 0.489 e. The molecule has 0 bridgehead atoms. The molecule has 2 rings (SSSR count). The summed E-state index contributed by atoms with van der Waals surface area (Å²) < 4.78 is 10.9. The normalized spacial score (nSPS) is 11.5.